The lowest BCUT2D eigenvalue weighted by molar-refractivity contribution is 0.0937. The summed E-state index contributed by atoms with van der Waals surface area (Å²) in [5.41, 5.74) is 1.92. The molecule has 0 aliphatic carbocycles. The van der Waals surface area contributed by atoms with Crippen LogP contribution in [0, 0.1) is 17.1 Å². The first-order valence-electron chi connectivity index (χ1n) is 8.41. The van der Waals surface area contributed by atoms with E-state index in [2.05, 4.69) is 11.4 Å². The molecule has 0 bridgehead atoms. The monoisotopic (exact) mass is 376 g/mol. The van der Waals surface area contributed by atoms with Crippen LogP contribution in [-0.4, -0.2) is 5.91 Å². The average molecular weight is 376 g/mol. The molecule has 0 spiro atoms. The number of amides is 1. The van der Waals surface area contributed by atoms with E-state index in [1.165, 1.54) is 23.9 Å². The fourth-order valence-electron chi connectivity index (χ4n) is 2.62. The van der Waals surface area contributed by atoms with Crippen LogP contribution in [0.25, 0.3) is 0 Å². The number of nitrogens with zero attached hydrogens (tertiary/aromatic N) is 1. The minimum atomic E-state index is -0.310. The zero-order valence-electron chi connectivity index (χ0n) is 14.6. The molecule has 0 saturated heterocycles. The van der Waals surface area contributed by atoms with Crippen LogP contribution in [0.1, 0.15) is 34.5 Å². The molecule has 27 heavy (non-hydrogen) atoms. The molecule has 3 aromatic carbocycles. The van der Waals surface area contributed by atoms with E-state index in [0.29, 0.717) is 11.1 Å². The van der Waals surface area contributed by atoms with Gasteiger partial charge in [-0.05, 0) is 48.9 Å². The van der Waals surface area contributed by atoms with E-state index in [1.54, 1.807) is 30.3 Å². The molecule has 0 unspecified atom stereocenters. The Labute approximate surface area is 161 Å². The highest BCUT2D eigenvalue weighted by Gasteiger charge is 2.16. The van der Waals surface area contributed by atoms with Gasteiger partial charge in [-0.25, -0.2) is 4.39 Å². The van der Waals surface area contributed by atoms with Crippen molar-refractivity contribution in [3.05, 3.63) is 95.3 Å². The van der Waals surface area contributed by atoms with Crippen LogP contribution in [0.4, 0.5) is 4.39 Å². The zero-order chi connectivity index (χ0) is 19.2. The van der Waals surface area contributed by atoms with Crippen LogP contribution in [0.5, 0.6) is 0 Å². The highest BCUT2D eigenvalue weighted by atomic mass is 32.2. The molecule has 0 radical (unpaired) electrons. The van der Waals surface area contributed by atoms with E-state index in [0.717, 1.165) is 15.4 Å². The maximum absolute atomic E-state index is 13.1. The molecule has 0 saturated carbocycles. The second-order valence-corrected chi connectivity index (χ2v) is 7.04. The third-order valence-corrected chi connectivity index (χ3v) is 5.23. The lowest BCUT2D eigenvalue weighted by Gasteiger charge is -2.16. The van der Waals surface area contributed by atoms with Gasteiger partial charge in [-0.2, -0.15) is 5.26 Å². The van der Waals surface area contributed by atoms with Gasteiger partial charge >= 0.3 is 0 Å². The van der Waals surface area contributed by atoms with Gasteiger partial charge in [0, 0.05) is 9.79 Å². The number of nitriles is 1. The molecule has 3 nitrogen and oxygen atoms in total. The Morgan fingerprint density at radius 1 is 1.00 bits per heavy atom. The molecule has 0 fully saturated rings. The first-order valence-corrected chi connectivity index (χ1v) is 9.22. The quantitative estimate of drug-likeness (QED) is 0.654. The SMILES string of the molecule is C[C@H](NC(=O)c1ccccc1Sc1ccccc1C#N)c1ccc(F)cc1. The van der Waals surface area contributed by atoms with Gasteiger partial charge < -0.3 is 5.32 Å². The molecule has 134 valence electrons. The predicted octanol–water partition coefficient (Wildman–Crippen LogP) is 5.34. The van der Waals surface area contributed by atoms with E-state index < -0.39 is 0 Å². The molecule has 3 rings (SSSR count). The molecule has 0 aliphatic heterocycles. The molecular formula is C22H17FN2OS. The minimum absolute atomic E-state index is 0.218. The minimum Gasteiger partial charge on any atom is -0.345 e. The maximum atomic E-state index is 13.1. The van der Waals surface area contributed by atoms with E-state index in [-0.39, 0.29) is 17.8 Å². The van der Waals surface area contributed by atoms with E-state index in [1.807, 2.05) is 37.3 Å². The van der Waals surface area contributed by atoms with Gasteiger partial charge in [-0.3, -0.25) is 4.79 Å². The lowest BCUT2D eigenvalue weighted by atomic mass is 10.1. The summed E-state index contributed by atoms with van der Waals surface area (Å²) < 4.78 is 13.1. The lowest BCUT2D eigenvalue weighted by Crippen LogP contribution is -2.27. The molecule has 1 atom stereocenters. The summed E-state index contributed by atoms with van der Waals surface area (Å²) in [4.78, 5) is 14.4. The van der Waals surface area contributed by atoms with Gasteiger partial charge in [0.15, 0.2) is 0 Å². The summed E-state index contributed by atoms with van der Waals surface area (Å²) in [6.45, 7) is 1.85. The second kappa shape index (κ2) is 8.52. The van der Waals surface area contributed by atoms with Crippen molar-refractivity contribution in [3.8, 4) is 6.07 Å². The Hall–Kier alpha value is -3.10. The van der Waals surface area contributed by atoms with Crippen LogP contribution < -0.4 is 5.32 Å². The second-order valence-electron chi connectivity index (χ2n) is 5.95. The Morgan fingerprint density at radius 2 is 1.63 bits per heavy atom. The fraction of sp³-hybridized carbons (Fsp3) is 0.0909. The van der Waals surface area contributed by atoms with Gasteiger partial charge in [-0.15, -0.1) is 0 Å². The van der Waals surface area contributed by atoms with Gasteiger partial charge in [0.25, 0.3) is 5.91 Å². The van der Waals surface area contributed by atoms with Crippen molar-refractivity contribution in [3.63, 3.8) is 0 Å². The molecule has 0 heterocycles. The number of rotatable bonds is 5. The van der Waals surface area contributed by atoms with Crippen molar-refractivity contribution >= 4 is 17.7 Å². The first kappa shape index (κ1) is 18.7. The molecule has 1 amide bonds. The normalized spacial score (nSPS) is 11.4. The van der Waals surface area contributed by atoms with Crippen molar-refractivity contribution in [2.45, 2.75) is 22.8 Å². The van der Waals surface area contributed by atoms with Crippen LogP contribution in [0.15, 0.2) is 82.6 Å². The third-order valence-electron chi connectivity index (χ3n) is 4.08. The average Bonchev–Trinajstić information content (AvgIpc) is 2.69. The number of carbonyl (C=O) groups is 1. The molecule has 5 heteroatoms. The number of benzene rings is 3. The van der Waals surface area contributed by atoms with Crippen molar-refractivity contribution in [2.24, 2.45) is 0 Å². The van der Waals surface area contributed by atoms with Gasteiger partial charge in [-0.1, -0.05) is 48.2 Å². The highest BCUT2D eigenvalue weighted by Crippen LogP contribution is 2.32. The summed E-state index contributed by atoms with van der Waals surface area (Å²) in [6, 6.07) is 22.5. The maximum Gasteiger partial charge on any atom is 0.252 e. The molecule has 1 N–H and O–H groups in total. The van der Waals surface area contributed by atoms with Crippen molar-refractivity contribution in [1.29, 1.82) is 5.26 Å². The molecular weight excluding hydrogens is 359 g/mol. The highest BCUT2D eigenvalue weighted by molar-refractivity contribution is 7.99. The van der Waals surface area contributed by atoms with Crippen molar-refractivity contribution < 1.29 is 9.18 Å². The summed E-state index contributed by atoms with van der Waals surface area (Å²) in [5, 5.41) is 12.2. The number of hydrogen-bond acceptors (Lipinski definition) is 3. The van der Waals surface area contributed by atoms with Gasteiger partial charge in [0.2, 0.25) is 0 Å². The largest absolute Gasteiger partial charge is 0.345 e. The zero-order valence-corrected chi connectivity index (χ0v) is 15.5. The van der Waals surface area contributed by atoms with Crippen molar-refractivity contribution in [1.82, 2.24) is 5.32 Å². The summed E-state index contributed by atoms with van der Waals surface area (Å²) >= 11 is 1.39. The van der Waals surface area contributed by atoms with E-state index in [9.17, 15) is 14.4 Å². The van der Waals surface area contributed by atoms with Crippen LogP contribution in [-0.2, 0) is 0 Å². The summed E-state index contributed by atoms with van der Waals surface area (Å²) in [7, 11) is 0. The number of nitrogens with one attached hydrogen (secondary N) is 1. The molecule has 0 aliphatic rings. The molecule has 3 aromatic rings. The Bertz CT molecular complexity index is 996. The Balaban J connectivity index is 1.81. The van der Waals surface area contributed by atoms with Crippen molar-refractivity contribution in [2.75, 3.05) is 0 Å². The topological polar surface area (TPSA) is 52.9 Å². The van der Waals surface area contributed by atoms with Crippen LogP contribution in [0.3, 0.4) is 0 Å². The number of halogens is 1. The predicted molar refractivity (Wildman–Crippen MR) is 104 cm³/mol. The van der Waals surface area contributed by atoms with E-state index in [4.69, 9.17) is 0 Å². The van der Waals surface area contributed by atoms with Gasteiger partial charge in [0.1, 0.15) is 11.9 Å². The Morgan fingerprint density at radius 3 is 2.33 bits per heavy atom. The number of hydrogen-bond donors (Lipinski definition) is 1. The summed E-state index contributed by atoms with van der Waals surface area (Å²) in [5.74, 6) is -0.528. The standard InChI is InChI=1S/C22H17FN2OS/c1-15(16-10-12-18(23)13-11-16)25-22(26)19-7-3-5-9-21(19)27-20-8-4-2-6-17(20)14-24/h2-13,15H,1H3,(H,25,26)/t15-/m0/s1. The first-order chi connectivity index (χ1) is 13.1. The molecule has 0 aromatic heterocycles. The Kier molecular flexibility index (Phi) is 5.90. The smallest absolute Gasteiger partial charge is 0.252 e. The van der Waals surface area contributed by atoms with Gasteiger partial charge in [0.05, 0.1) is 17.2 Å². The van der Waals surface area contributed by atoms with E-state index >= 15 is 0 Å². The van der Waals surface area contributed by atoms with Crippen LogP contribution >= 0.6 is 11.8 Å². The van der Waals surface area contributed by atoms with Crippen LogP contribution in [0.2, 0.25) is 0 Å². The number of carbonyl (C=O) groups excluding carboxylic acids is 1. The summed E-state index contributed by atoms with van der Waals surface area (Å²) in [6.07, 6.45) is 0. The fourth-order valence-corrected chi connectivity index (χ4v) is 3.64. The third kappa shape index (κ3) is 4.55.